The van der Waals surface area contributed by atoms with Crippen molar-refractivity contribution in [3.8, 4) is 100 Å². The molecule has 0 fully saturated rings. The molecule has 0 amide bonds. The highest BCUT2D eigenvalue weighted by atomic mass is 14.6. The van der Waals surface area contributed by atoms with Crippen LogP contribution in [0.15, 0.2) is 237 Å². The molecule has 0 unspecified atom stereocenters. The average molecular weight is 766 g/mol. The van der Waals surface area contributed by atoms with Crippen molar-refractivity contribution >= 4 is 0 Å². The van der Waals surface area contributed by atoms with Crippen LogP contribution in [0, 0.1) is 0 Å². The maximum absolute atomic E-state index is 4.48. The van der Waals surface area contributed by atoms with E-state index in [4.69, 9.17) is 0 Å². The third kappa shape index (κ3) is 7.80. The number of benzene rings is 7. The van der Waals surface area contributed by atoms with Gasteiger partial charge in [0.1, 0.15) is 0 Å². The molecule has 0 saturated carbocycles. The van der Waals surface area contributed by atoms with Gasteiger partial charge < -0.3 is 0 Å². The lowest BCUT2D eigenvalue weighted by molar-refractivity contribution is 1.33. The molecule has 3 heteroatoms. The van der Waals surface area contributed by atoms with E-state index in [1.807, 2.05) is 55.4 Å². The molecular weight excluding hydrogens is 727 g/mol. The SMILES string of the molecule is c1cncc(-c2cccc(-c3cccc(-c4cccc(-c5cc(-c6cccnc6)cc(-c6cccc(-c7cccc(-c8cccc(-c9cccnc9)c8)c7)c6)c5)c4)c3)c2)c1. The van der Waals surface area contributed by atoms with Crippen LogP contribution in [0.1, 0.15) is 0 Å². The summed E-state index contributed by atoms with van der Waals surface area (Å²) >= 11 is 0. The molecule has 282 valence electrons. The summed E-state index contributed by atoms with van der Waals surface area (Å²) < 4.78 is 0. The Kier molecular flexibility index (Phi) is 9.97. The maximum atomic E-state index is 4.48. The monoisotopic (exact) mass is 765 g/mol. The van der Waals surface area contributed by atoms with Crippen LogP contribution in [0.5, 0.6) is 0 Å². The molecule has 0 radical (unpaired) electrons. The first-order valence-electron chi connectivity index (χ1n) is 20.2. The molecular formula is C57H39N3. The summed E-state index contributed by atoms with van der Waals surface area (Å²) in [7, 11) is 0. The van der Waals surface area contributed by atoms with Gasteiger partial charge in [0.15, 0.2) is 0 Å². The molecule has 7 aromatic carbocycles. The fourth-order valence-electron chi connectivity index (χ4n) is 8.00. The highest BCUT2D eigenvalue weighted by Gasteiger charge is 2.12. The molecule has 10 aromatic rings. The zero-order chi connectivity index (χ0) is 40.1. The molecule has 0 aliphatic heterocycles. The summed E-state index contributed by atoms with van der Waals surface area (Å²) in [5.41, 5.74) is 20.7. The van der Waals surface area contributed by atoms with Crippen LogP contribution in [-0.4, -0.2) is 15.0 Å². The van der Waals surface area contributed by atoms with Crippen molar-refractivity contribution in [3.63, 3.8) is 0 Å². The van der Waals surface area contributed by atoms with Gasteiger partial charge in [-0.05, 0) is 156 Å². The topological polar surface area (TPSA) is 38.7 Å². The summed E-state index contributed by atoms with van der Waals surface area (Å²) in [6, 6.07) is 72.0. The summed E-state index contributed by atoms with van der Waals surface area (Å²) in [5.74, 6) is 0. The van der Waals surface area contributed by atoms with Crippen LogP contribution >= 0.6 is 0 Å². The fourth-order valence-corrected chi connectivity index (χ4v) is 8.00. The molecule has 0 atom stereocenters. The lowest BCUT2D eigenvalue weighted by Crippen LogP contribution is -1.89. The van der Waals surface area contributed by atoms with E-state index < -0.39 is 0 Å². The van der Waals surface area contributed by atoms with Gasteiger partial charge in [-0.15, -0.1) is 0 Å². The number of rotatable bonds is 9. The fraction of sp³-hybridized carbons (Fsp3) is 0. The zero-order valence-corrected chi connectivity index (χ0v) is 32.9. The van der Waals surface area contributed by atoms with Crippen LogP contribution in [0.3, 0.4) is 0 Å². The van der Waals surface area contributed by atoms with E-state index in [1.54, 1.807) is 0 Å². The highest BCUT2D eigenvalue weighted by molar-refractivity contribution is 5.85. The number of pyridine rings is 3. The van der Waals surface area contributed by atoms with E-state index in [9.17, 15) is 0 Å². The van der Waals surface area contributed by atoms with Crippen molar-refractivity contribution in [2.75, 3.05) is 0 Å². The second kappa shape index (κ2) is 16.5. The van der Waals surface area contributed by atoms with E-state index in [1.165, 1.54) is 44.5 Å². The minimum Gasteiger partial charge on any atom is -0.264 e. The quantitative estimate of drug-likeness (QED) is 0.147. The molecule has 3 heterocycles. The standard InChI is InChI=1S/C57H39N3/c1-10-40(44-14-3-18-48(30-44)52-22-7-25-58-37-52)28-42(12-1)46-16-5-20-50(32-46)55-34-56(36-57(35-55)54-24-9-27-60-39-54)51-21-6-17-47(33-51)43-13-2-11-41(29-43)45-15-4-19-49(31-45)53-23-8-26-59-38-53/h1-39H. The Morgan fingerprint density at radius 3 is 0.567 bits per heavy atom. The molecule has 3 nitrogen and oxygen atoms in total. The molecule has 10 rings (SSSR count). The number of hydrogen-bond acceptors (Lipinski definition) is 3. The second-order valence-electron chi connectivity index (χ2n) is 15.0. The molecule has 0 saturated heterocycles. The number of nitrogens with zero attached hydrogens (tertiary/aromatic N) is 3. The van der Waals surface area contributed by atoms with Crippen molar-refractivity contribution in [2.45, 2.75) is 0 Å². The molecule has 3 aromatic heterocycles. The van der Waals surface area contributed by atoms with E-state index in [-0.39, 0.29) is 0 Å². The van der Waals surface area contributed by atoms with E-state index in [0.717, 1.165) is 55.6 Å². The zero-order valence-electron chi connectivity index (χ0n) is 32.9. The van der Waals surface area contributed by atoms with Crippen LogP contribution in [0.2, 0.25) is 0 Å². The van der Waals surface area contributed by atoms with Gasteiger partial charge in [0.25, 0.3) is 0 Å². The molecule has 0 N–H and O–H groups in total. The van der Waals surface area contributed by atoms with Gasteiger partial charge in [0.05, 0.1) is 0 Å². The summed E-state index contributed by atoms with van der Waals surface area (Å²) in [6.07, 6.45) is 11.2. The Morgan fingerprint density at radius 1 is 0.167 bits per heavy atom. The number of hydrogen-bond donors (Lipinski definition) is 0. The summed E-state index contributed by atoms with van der Waals surface area (Å²) in [5, 5.41) is 0. The van der Waals surface area contributed by atoms with Crippen LogP contribution < -0.4 is 0 Å². The molecule has 0 bridgehead atoms. The maximum Gasteiger partial charge on any atom is 0.0346 e. The third-order valence-corrected chi connectivity index (χ3v) is 11.1. The van der Waals surface area contributed by atoms with E-state index in [0.29, 0.717) is 0 Å². The van der Waals surface area contributed by atoms with Gasteiger partial charge >= 0.3 is 0 Å². The Bertz CT molecular complexity index is 2900. The highest BCUT2D eigenvalue weighted by Crippen LogP contribution is 2.37. The van der Waals surface area contributed by atoms with Gasteiger partial charge in [-0.3, -0.25) is 15.0 Å². The average Bonchev–Trinajstić information content (AvgIpc) is 3.35. The lowest BCUT2D eigenvalue weighted by Gasteiger charge is -2.14. The largest absolute Gasteiger partial charge is 0.264 e. The van der Waals surface area contributed by atoms with Crippen molar-refractivity contribution < 1.29 is 0 Å². The first-order chi connectivity index (χ1) is 29.7. The first kappa shape index (κ1) is 36.3. The third-order valence-electron chi connectivity index (χ3n) is 11.1. The molecule has 0 aliphatic carbocycles. The van der Waals surface area contributed by atoms with E-state index >= 15 is 0 Å². The summed E-state index contributed by atoms with van der Waals surface area (Å²) in [4.78, 5) is 13.1. The predicted molar refractivity (Wildman–Crippen MR) is 249 cm³/mol. The van der Waals surface area contributed by atoms with Gasteiger partial charge in [0.2, 0.25) is 0 Å². The van der Waals surface area contributed by atoms with Crippen LogP contribution in [-0.2, 0) is 0 Å². The van der Waals surface area contributed by atoms with Crippen molar-refractivity contribution in [3.05, 3.63) is 237 Å². The number of aromatic nitrogens is 3. The van der Waals surface area contributed by atoms with Crippen LogP contribution in [0.25, 0.3) is 100 Å². The second-order valence-corrected chi connectivity index (χ2v) is 15.0. The Hall–Kier alpha value is -8.01. The molecule has 0 aliphatic rings. The van der Waals surface area contributed by atoms with Crippen molar-refractivity contribution in [1.29, 1.82) is 0 Å². The molecule has 0 spiro atoms. The van der Waals surface area contributed by atoms with Crippen molar-refractivity contribution in [2.24, 2.45) is 0 Å². The molecule has 60 heavy (non-hydrogen) atoms. The van der Waals surface area contributed by atoms with Gasteiger partial charge in [-0.25, -0.2) is 0 Å². The first-order valence-corrected chi connectivity index (χ1v) is 20.2. The minimum absolute atomic E-state index is 1.08. The van der Waals surface area contributed by atoms with Crippen molar-refractivity contribution in [1.82, 2.24) is 15.0 Å². The van der Waals surface area contributed by atoms with Crippen LogP contribution in [0.4, 0.5) is 0 Å². The van der Waals surface area contributed by atoms with Gasteiger partial charge in [-0.1, -0.05) is 127 Å². The van der Waals surface area contributed by atoms with Gasteiger partial charge in [-0.2, -0.15) is 0 Å². The Morgan fingerprint density at radius 2 is 0.333 bits per heavy atom. The minimum atomic E-state index is 1.08. The normalized spacial score (nSPS) is 11.0. The lowest BCUT2D eigenvalue weighted by atomic mass is 9.91. The predicted octanol–water partition coefficient (Wildman–Crippen LogP) is 14.9. The van der Waals surface area contributed by atoms with Gasteiger partial charge in [0, 0.05) is 53.9 Å². The summed E-state index contributed by atoms with van der Waals surface area (Å²) in [6.45, 7) is 0. The Labute approximate surface area is 351 Å². The smallest absolute Gasteiger partial charge is 0.0346 e. The Balaban J connectivity index is 0.997. The van der Waals surface area contributed by atoms with E-state index in [2.05, 4.69) is 197 Å².